The normalized spacial score (nSPS) is 39.5. The molecular formula is C20H36N2O11. The molecule has 2 saturated heterocycles. The fourth-order valence-corrected chi connectivity index (χ4v) is 3.57. The summed E-state index contributed by atoms with van der Waals surface area (Å²) in [7, 11) is 0. The Hall–Kier alpha value is -1.42. The summed E-state index contributed by atoms with van der Waals surface area (Å²) in [5, 5.41) is 66.0. The van der Waals surface area contributed by atoms with Gasteiger partial charge < -0.3 is 55.5 Å². The van der Waals surface area contributed by atoms with E-state index in [1.54, 1.807) is 27.7 Å². The molecule has 2 amide bonds. The molecule has 2 aliphatic heterocycles. The molecule has 0 radical (unpaired) electrons. The summed E-state index contributed by atoms with van der Waals surface area (Å²) < 4.78 is 16.6. The minimum Gasteiger partial charge on any atom is -0.394 e. The average molecular weight is 481 g/mol. The second-order valence-corrected chi connectivity index (χ2v) is 8.92. The molecule has 0 aromatic heterocycles. The molecule has 0 bridgehead atoms. The van der Waals surface area contributed by atoms with Crippen molar-refractivity contribution in [2.24, 2.45) is 11.8 Å². The van der Waals surface area contributed by atoms with Gasteiger partial charge in [0.15, 0.2) is 12.6 Å². The first-order valence-electron chi connectivity index (χ1n) is 10.9. The van der Waals surface area contributed by atoms with E-state index in [1.807, 2.05) is 0 Å². The van der Waals surface area contributed by atoms with E-state index in [0.717, 1.165) is 0 Å². The number of aliphatic hydroxyl groups excluding tert-OH is 6. The minimum atomic E-state index is -1.67. The number of nitrogens with one attached hydrogen (secondary N) is 2. The first kappa shape index (κ1) is 27.8. The van der Waals surface area contributed by atoms with E-state index in [9.17, 15) is 40.2 Å². The van der Waals surface area contributed by atoms with Gasteiger partial charge in [0.05, 0.1) is 13.2 Å². The first-order valence-corrected chi connectivity index (χ1v) is 10.9. The van der Waals surface area contributed by atoms with Crippen LogP contribution in [0.3, 0.4) is 0 Å². The molecule has 2 rings (SSSR count). The van der Waals surface area contributed by atoms with Crippen molar-refractivity contribution in [2.45, 2.75) is 89.0 Å². The highest BCUT2D eigenvalue weighted by Crippen LogP contribution is 2.29. The smallest absolute Gasteiger partial charge is 0.223 e. The van der Waals surface area contributed by atoms with Crippen LogP contribution in [0.25, 0.3) is 0 Å². The predicted octanol–water partition coefficient (Wildman–Crippen LogP) is -3.84. The molecule has 13 heteroatoms. The second kappa shape index (κ2) is 11.8. The summed E-state index contributed by atoms with van der Waals surface area (Å²) in [6.45, 7) is 5.07. The van der Waals surface area contributed by atoms with E-state index in [-0.39, 0.29) is 0 Å². The summed E-state index contributed by atoms with van der Waals surface area (Å²) in [6, 6.07) is -2.63. The van der Waals surface area contributed by atoms with Crippen LogP contribution in [0.4, 0.5) is 0 Å². The van der Waals surface area contributed by atoms with Crippen molar-refractivity contribution in [3.05, 3.63) is 0 Å². The Balaban J connectivity index is 2.36. The van der Waals surface area contributed by atoms with Crippen molar-refractivity contribution in [1.29, 1.82) is 0 Å². The first-order chi connectivity index (χ1) is 15.4. The molecule has 0 aromatic carbocycles. The van der Waals surface area contributed by atoms with Gasteiger partial charge in [0.1, 0.15) is 48.7 Å². The number of carbonyl (C=O) groups is 2. The minimum absolute atomic E-state index is 0.481. The molecule has 192 valence electrons. The number of aliphatic hydroxyl groups is 6. The van der Waals surface area contributed by atoms with Crippen molar-refractivity contribution >= 4 is 11.8 Å². The van der Waals surface area contributed by atoms with E-state index >= 15 is 0 Å². The van der Waals surface area contributed by atoms with Crippen LogP contribution < -0.4 is 10.6 Å². The largest absolute Gasteiger partial charge is 0.394 e. The number of amides is 2. The van der Waals surface area contributed by atoms with Crippen LogP contribution in [-0.4, -0.2) is 117 Å². The van der Waals surface area contributed by atoms with Gasteiger partial charge in [-0.3, -0.25) is 9.59 Å². The van der Waals surface area contributed by atoms with Gasteiger partial charge in [-0.25, -0.2) is 0 Å². The molecule has 0 spiro atoms. The maximum atomic E-state index is 12.3. The van der Waals surface area contributed by atoms with Crippen molar-refractivity contribution in [2.75, 3.05) is 13.2 Å². The molecule has 10 unspecified atom stereocenters. The zero-order valence-electron chi connectivity index (χ0n) is 19.1. The second-order valence-electron chi connectivity index (χ2n) is 8.92. The number of hydrogen-bond donors (Lipinski definition) is 8. The zero-order chi connectivity index (χ0) is 25.0. The molecule has 33 heavy (non-hydrogen) atoms. The topological polar surface area (TPSA) is 207 Å². The highest BCUT2D eigenvalue weighted by Gasteiger charge is 2.51. The molecule has 2 fully saturated rings. The van der Waals surface area contributed by atoms with Gasteiger partial charge in [0.25, 0.3) is 0 Å². The molecule has 2 heterocycles. The van der Waals surface area contributed by atoms with Gasteiger partial charge in [-0.2, -0.15) is 0 Å². The van der Waals surface area contributed by atoms with Crippen molar-refractivity contribution in [3.8, 4) is 0 Å². The molecule has 10 atom stereocenters. The lowest BCUT2D eigenvalue weighted by Gasteiger charge is -2.47. The maximum absolute atomic E-state index is 12.3. The Bertz CT molecular complexity index is 664. The fourth-order valence-electron chi connectivity index (χ4n) is 3.57. The summed E-state index contributed by atoms with van der Waals surface area (Å²) in [5.41, 5.74) is 0. The van der Waals surface area contributed by atoms with Crippen LogP contribution in [0.2, 0.25) is 0 Å². The Morgan fingerprint density at radius 3 is 1.76 bits per heavy atom. The van der Waals surface area contributed by atoms with E-state index in [1.165, 1.54) is 0 Å². The van der Waals surface area contributed by atoms with Crippen molar-refractivity contribution in [1.82, 2.24) is 10.6 Å². The van der Waals surface area contributed by atoms with Gasteiger partial charge in [0, 0.05) is 11.8 Å². The van der Waals surface area contributed by atoms with Crippen LogP contribution in [0.1, 0.15) is 27.7 Å². The van der Waals surface area contributed by atoms with Crippen LogP contribution in [-0.2, 0) is 23.8 Å². The lowest BCUT2D eigenvalue weighted by molar-refractivity contribution is -0.323. The standard InChI is InChI=1S/C20H36N2O11/c1-7(2)17(28)21-11-15(27)13(25)9(5-23)32-20(11)33-16-12(22-18(29)8(3)4)19(30)31-10(6-24)14(16)26/h7-16,19-20,23-27,30H,5-6H2,1-4H3,(H,21,28)(H,22,29). The summed E-state index contributed by atoms with van der Waals surface area (Å²) in [5.74, 6) is -1.94. The van der Waals surface area contributed by atoms with Crippen LogP contribution in [0.5, 0.6) is 0 Å². The van der Waals surface area contributed by atoms with E-state index in [2.05, 4.69) is 10.6 Å². The van der Waals surface area contributed by atoms with Crippen molar-refractivity contribution < 1.29 is 54.4 Å². The van der Waals surface area contributed by atoms with Crippen LogP contribution >= 0.6 is 0 Å². The summed E-state index contributed by atoms with van der Waals surface area (Å²) in [4.78, 5) is 24.6. The summed E-state index contributed by atoms with van der Waals surface area (Å²) in [6.07, 6.45) is -11.9. The monoisotopic (exact) mass is 480 g/mol. The highest BCUT2D eigenvalue weighted by molar-refractivity contribution is 5.78. The SMILES string of the molecule is CC(C)C(=O)NC1C(OC2C(O)C(CO)OC(O)C2NC(=O)C(C)C)OC(CO)C(O)C1O. The molecule has 0 saturated carbocycles. The molecular weight excluding hydrogens is 444 g/mol. The van der Waals surface area contributed by atoms with Gasteiger partial charge >= 0.3 is 0 Å². The Kier molecular flexibility index (Phi) is 9.96. The number of carbonyl (C=O) groups excluding carboxylic acids is 2. The third-order valence-corrected chi connectivity index (χ3v) is 5.71. The quantitative estimate of drug-likeness (QED) is 0.169. The molecule has 8 N–H and O–H groups in total. The molecule has 0 aliphatic carbocycles. The average Bonchev–Trinajstić information content (AvgIpc) is 2.76. The number of rotatable bonds is 8. The van der Waals surface area contributed by atoms with E-state index < -0.39 is 98.2 Å². The van der Waals surface area contributed by atoms with Crippen LogP contribution in [0.15, 0.2) is 0 Å². The van der Waals surface area contributed by atoms with Gasteiger partial charge in [-0.05, 0) is 0 Å². The third kappa shape index (κ3) is 6.38. The van der Waals surface area contributed by atoms with Crippen molar-refractivity contribution in [3.63, 3.8) is 0 Å². The third-order valence-electron chi connectivity index (χ3n) is 5.71. The van der Waals surface area contributed by atoms with Crippen LogP contribution in [0, 0.1) is 11.8 Å². The predicted molar refractivity (Wildman–Crippen MR) is 110 cm³/mol. The lowest BCUT2D eigenvalue weighted by atomic mass is 9.94. The zero-order valence-corrected chi connectivity index (χ0v) is 19.1. The Labute approximate surface area is 191 Å². The van der Waals surface area contributed by atoms with E-state index in [0.29, 0.717) is 0 Å². The number of ether oxygens (including phenoxy) is 3. The number of hydrogen-bond acceptors (Lipinski definition) is 11. The van der Waals surface area contributed by atoms with Gasteiger partial charge in [-0.15, -0.1) is 0 Å². The Morgan fingerprint density at radius 2 is 1.27 bits per heavy atom. The molecule has 0 aromatic rings. The van der Waals surface area contributed by atoms with E-state index in [4.69, 9.17) is 14.2 Å². The lowest BCUT2D eigenvalue weighted by Crippen LogP contribution is -2.70. The van der Waals surface area contributed by atoms with Gasteiger partial charge in [-0.1, -0.05) is 27.7 Å². The summed E-state index contributed by atoms with van der Waals surface area (Å²) >= 11 is 0. The highest BCUT2D eigenvalue weighted by atomic mass is 16.7. The molecule has 13 nitrogen and oxygen atoms in total. The fraction of sp³-hybridized carbons (Fsp3) is 0.900. The molecule has 2 aliphatic rings. The van der Waals surface area contributed by atoms with Gasteiger partial charge in [0.2, 0.25) is 11.8 Å². The Morgan fingerprint density at radius 1 is 0.788 bits per heavy atom. The maximum Gasteiger partial charge on any atom is 0.223 e.